The van der Waals surface area contributed by atoms with Gasteiger partial charge in [0.15, 0.2) is 11.5 Å². The molecule has 3 rings (SSSR count). The molecule has 0 aliphatic carbocycles. The molecule has 3 aromatic rings. The third-order valence-electron chi connectivity index (χ3n) is 4.75. The molecule has 0 saturated heterocycles. The Morgan fingerprint density at radius 3 is 1.82 bits per heavy atom. The topological polar surface area (TPSA) is 83.1 Å². The number of hydrogen-bond donors (Lipinski definition) is 1. The smallest absolute Gasteiger partial charge is 0.261 e. The van der Waals surface area contributed by atoms with Gasteiger partial charge in [0, 0.05) is 5.69 Å². The summed E-state index contributed by atoms with van der Waals surface area (Å²) in [6.07, 6.45) is 3.78. The van der Waals surface area contributed by atoms with Gasteiger partial charge in [-0.3, -0.25) is 4.72 Å². The molecule has 0 heterocycles. The largest absolute Gasteiger partial charge is 0.495 e. The Morgan fingerprint density at radius 1 is 0.727 bits per heavy atom. The maximum absolute atomic E-state index is 12.7. The molecule has 0 radical (unpaired) electrons. The second-order valence-electron chi connectivity index (χ2n) is 6.82. The summed E-state index contributed by atoms with van der Waals surface area (Å²) in [6, 6.07) is 14.9. The van der Waals surface area contributed by atoms with Gasteiger partial charge in [0.1, 0.15) is 5.75 Å². The van der Waals surface area contributed by atoms with Crippen molar-refractivity contribution in [1.29, 1.82) is 0 Å². The van der Waals surface area contributed by atoms with Crippen LogP contribution in [0.3, 0.4) is 0 Å². The van der Waals surface area contributed by atoms with Gasteiger partial charge in [-0.2, -0.15) is 0 Å². The van der Waals surface area contributed by atoms with Crippen LogP contribution in [-0.2, 0) is 10.0 Å². The summed E-state index contributed by atoms with van der Waals surface area (Å²) in [5, 5.41) is 0.215. The van der Waals surface area contributed by atoms with Gasteiger partial charge in [0.05, 0.1) is 38.4 Å². The van der Waals surface area contributed by atoms with Crippen LogP contribution in [0.2, 0.25) is 5.02 Å². The lowest BCUT2D eigenvalue weighted by Crippen LogP contribution is -2.12. The number of hydrogen-bond acceptors (Lipinski definition) is 6. The Labute approximate surface area is 198 Å². The van der Waals surface area contributed by atoms with Crippen molar-refractivity contribution in [3.05, 3.63) is 70.7 Å². The lowest BCUT2D eigenvalue weighted by Gasteiger charge is -2.12. The van der Waals surface area contributed by atoms with Gasteiger partial charge in [-0.05, 0) is 53.6 Å². The molecule has 0 atom stereocenters. The monoisotopic (exact) mass is 489 g/mol. The molecule has 9 heteroatoms. The van der Waals surface area contributed by atoms with Gasteiger partial charge in [-0.1, -0.05) is 35.9 Å². The van der Waals surface area contributed by atoms with E-state index in [0.717, 1.165) is 11.1 Å². The zero-order valence-corrected chi connectivity index (χ0v) is 20.2. The van der Waals surface area contributed by atoms with E-state index in [-0.39, 0.29) is 9.92 Å². The van der Waals surface area contributed by atoms with Crippen LogP contribution in [-0.4, -0.2) is 36.9 Å². The fourth-order valence-corrected chi connectivity index (χ4v) is 4.49. The molecule has 33 heavy (non-hydrogen) atoms. The maximum atomic E-state index is 12.7. The highest BCUT2D eigenvalue weighted by Crippen LogP contribution is 2.38. The Balaban J connectivity index is 1.77. The van der Waals surface area contributed by atoms with Crippen LogP contribution < -0.4 is 23.7 Å². The summed E-state index contributed by atoms with van der Waals surface area (Å²) in [5.74, 6) is 2.03. The molecule has 0 aliphatic rings. The molecular weight excluding hydrogens is 466 g/mol. The molecule has 0 aliphatic heterocycles. The summed E-state index contributed by atoms with van der Waals surface area (Å²) in [5.41, 5.74) is 2.15. The second-order valence-corrected chi connectivity index (χ2v) is 8.91. The first-order valence-corrected chi connectivity index (χ1v) is 11.6. The van der Waals surface area contributed by atoms with Crippen LogP contribution in [0.25, 0.3) is 12.2 Å². The van der Waals surface area contributed by atoms with E-state index in [9.17, 15) is 8.42 Å². The molecule has 7 nitrogen and oxygen atoms in total. The maximum Gasteiger partial charge on any atom is 0.261 e. The number of sulfonamides is 1. The summed E-state index contributed by atoms with van der Waals surface area (Å²) in [4.78, 5) is 0.0414. The highest BCUT2D eigenvalue weighted by molar-refractivity contribution is 7.92. The second kappa shape index (κ2) is 10.5. The van der Waals surface area contributed by atoms with E-state index in [1.807, 2.05) is 24.3 Å². The van der Waals surface area contributed by atoms with E-state index < -0.39 is 10.0 Å². The fraction of sp³-hybridized carbons (Fsp3) is 0.167. The molecule has 0 bridgehead atoms. The van der Waals surface area contributed by atoms with Crippen molar-refractivity contribution in [3.8, 4) is 23.0 Å². The minimum atomic E-state index is -3.80. The van der Waals surface area contributed by atoms with E-state index in [1.165, 1.54) is 25.3 Å². The van der Waals surface area contributed by atoms with Crippen LogP contribution >= 0.6 is 11.6 Å². The number of ether oxygens (including phenoxy) is 4. The minimum absolute atomic E-state index is 0.0414. The third-order valence-corrected chi connectivity index (χ3v) is 6.43. The van der Waals surface area contributed by atoms with Crippen molar-refractivity contribution >= 4 is 39.5 Å². The van der Waals surface area contributed by atoms with Crippen molar-refractivity contribution in [1.82, 2.24) is 0 Å². The van der Waals surface area contributed by atoms with Gasteiger partial charge in [0.25, 0.3) is 10.0 Å². The standard InChI is InChI=1S/C24H24ClNO6S/c1-29-21-12-11-19(15-20(21)25)33(27,28)26-18-9-7-16(8-10-18)5-6-17-13-22(30-2)24(32-4)23(14-17)31-3/h5-15,26H,1-4H3. The molecule has 0 saturated carbocycles. The van der Waals surface area contributed by atoms with Gasteiger partial charge in [-0.15, -0.1) is 0 Å². The zero-order chi connectivity index (χ0) is 24.0. The van der Waals surface area contributed by atoms with Gasteiger partial charge >= 0.3 is 0 Å². The van der Waals surface area contributed by atoms with Crippen LogP contribution in [0.1, 0.15) is 11.1 Å². The summed E-state index contributed by atoms with van der Waals surface area (Å²) < 4.78 is 49.0. The molecule has 3 aromatic carbocycles. The van der Waals surface area contributed by atoms with E-state index in [0.29, 0.717) is 28.7 Å². The van der Waals surface area contributed by atoms with Gasteiger partial charge in [-0.25, -0.2) is 8.42 Å². The number of methoxy groups -OCH3 is 4. The van der Waals surface area contributed by atoms with E-state index in [1.54, 1.807) is 45.6 Å². The Morgan fingerprint density at radius 2 is 1.30 bits per heavy atom. The number of nitrogens with one attached hydrogen (secondary N) is 1. The Bertz CT molecular complexity index is 1230. The van der Waals surface area contributed by atoms with Gasteiger partial charge < -0.3 is 18.9 Å². The average molecular weight is 490 g/mol. The third kappa shape index (κ3) is 5.71. The van der Waals surface area contributed by atoms with Crippen LogP contribution in [0.15, 0.2) is 59.5 Å². The average Bonchev–Trinajstić information content (AvgIpc) is 2.82. The lowest BCUT2D eigenvalue weighted by atomic mass is 10.1. The summed E-state index contributed by atoms with van der Waals surface area (Å²) in [6.45, 7) is 0. The molecule has 0 aromatic heterocycles. The predicted octanol–water partition coefficient (Wildman–Crippen LogP) is 5.35. The first kappa shape index (κ1) is 24.3. The van der Waals surface area contributed by atoms with Crippen LogP contribution in [0.5, 0.6) is 23.0 Å². The quantitative estimate of drug-likeness (QED) is 0.408. The number of benzene rings is 3. The number of anilines is 1. The highest BCUT2D eigenvalue weighted by Gasteiger charge is 2.16. The molecule has 174 valence electrons. The molecule has 0 spiro atoms. The van der Waals surface area contributed by atoms with E-state index >= 15 is 0 Å². The minimum Gasteiger partial charge on any atom is -0.495 e. The first-order valence-electron chi connectivity index (χ1n) is 9.75. The highest BCUT2D eigenvalue weighted by atomic mass is 35.5. The van der Waals surface area contributed by atoms with Crippen LogP contribution in [0, 0.1) is 0 Å². The normalized spacial score (nSPS) is 11.3. The first-order chi connectivity index (χ1) is 15.8. The van der Waals surface area contributed by atoms with Crippen molar-refractivity contribution in [2.24, 2.45) is 0 Å². The van der Waals surface area contributed by atoms with Crippen molar-refractivity contribution in [2.45, 2.75) is 4.90 Å². The van der Waals surface area contributed by atoms with Crippen molar-refractivity contribution in [2.75, 3.05) is 33.2 Å². The molecule has 0 amide bonds. The molecular formula is C24H24ClNO6S. The summed E-state index contributed by atoms with van der Waals surface area (Å²) >= 11 is 6.05. The van der Waals surface area contributed by atoms with Crippen molar-refractivity contribution < 1.29 is 27.4 Å². The zero-order valence-electron chi connectivity index (χ0n) is 18.6. The van der Waals surface area contributed by atoms with Crippen molar-refractivity contribution in [3.63, 3.8) is 0 Å². The fourth-order valence-electron chi connectivity index (χ4n) is 3.08. The van der Waals surface area contributed by atoms with E-state index in [4.69, 9.17) is 30.5 Å². The van der Waals surface area contributed by atoms with E-state index in [2.05, 4.69) is 4.72 Å². The number of halogens is 1. The summed E-state index contributed by atoms with van der Waals surface area (Å²) in [7, 11) is 2.34. The Kier molecular flexibility index (Phi) is 7.73. The lowest BCUT2D eigenvalue weighted by molar-refractivity contribution is 0.324. The Hall–Kier alpha value is -3.36. The molecule has 0 unspecified atom stereocenters. The molecule has 0 fully saturated rings. The predicted molar refractivity (Wildman–Crippen MR) is 130 cm³/mol. The SMILES string of the molecule is COc1ccc(S(=O)(=O)Nc2ccc(C=Cc3cc(OC)c(OC)c(OC)c3)cc2)cc1Cl. The number of rotatable bonds is 9. The molecule has 1 N–H and O–H groups in total. The van der Waals surface area contributed by atoms with Crippen LogP contribution in [0.4, 0.5) is 5.69 Å². The van der Waals surface area contributed by atoms with Gasteiger partial charge in [0.2, 0.25) is 5.75 Å².